The average molecular weight is 342 g/mol. The minimum absolute atomic E-state index is 0.0553. The van der Waals surface area contributed by atoms with Crippen molar-refractivity contribution < 1.29 is 10.0 Å². The van der Waals surface area contributed by atoms with Gasteiger partial charge in [-0.05, 0) is 25.1 Å². The van der Waals surface area contributed by atoms with Crippen LogP contribution in [0.25, 0.3) is 0 Å². The Kier molecular flexibility index (Phi) is 5.18. The Morgan fingerprint density at radius 3 is 2.59 bits per heavy atom. The molecule has 116 valence electrons. The van der Waals surface area contributed by atoms with Gasteiger partial charge in [0.05, 0.1) is 11.0 Å². The van der Waals surface area contributed by atoms with Gasteiger partial charge in [-0.1, -0.05) is 29.3 Å². The fraction of sp³-hybridized carbons (Fsp3) is 0.214. The summed E-state index contributed by atoms with van der Waals surface area (Å²) < 4.78 is 0. The molecule has 2 rings (SSSR count). The van der Waals surface area contributed by atoms with Gasteiger partial charge in [0.2, 0.25) is 0 Å². The quantitative estimate of drug-likeness (QED) is 0.638. The summed E-state index contributed by atoms with van der Waals surface area (Å²) in [5.74, 6) is 0.422. The lowest BCUT2D eigenvalue weighted by Crippen LogP contribution is -2.14. The third-order valence-corrected chi connectivity index (χ3v) is 3.75. The predicted molar refractivity (Wildman–Crippen MR) is 85.5 cm³/mol. The van der Waals surface area contributed by atoms with Crippen molar-refractivity contribution in [2.45, 2.75) is 13.0 Å². The highest BCUT2D eigenvalue weighted by Gasteiger charge is 2.16. The number of aliphatic hydroxyl groups excluding tert-OH is 1. The van der Waals surface area contributed by atoms with Crippen molar-refractivity contribution in [2.24, 2.45) is 0 Å². The number of nitrogens with one attached hydrogen (secondary N) is 1. The smallest absolute Gasteiger partial charge is 0.290 e. The lowest BCUT2D eigenvalue weighted by atomic mass is 10.1. The molecule has 0 aliphatic carbocycles. The minimum atomic E-state index is -0.932. The molecule has 0 bridgehead atoms. The highest BCUT2D eigenvalue weighted by molar-refractivity contribution is 6.36. The lowest BCUT2D eigenvalue weighted by molar-refractivity contribution is -0.385. The standard InChI is InChI=1S/C14H13Cl2N3O3/c1-8-5-13(17-6-11(8)19(21)22)18-7-12(20)14-9(15)3-2-4-10(14)16/h2-6,12,20H,7H2,1H3,(H,17,18). The van der Waals surface area contributed by atoms with Gasteiger partial charge in [0.15, 0.2) is 0 Å². The maximum atomic E-state index is 10.7. The van der Waals surface area contributed by atoms with Gasteiger partial charge in [-0.25, -0.2) is 4.98 Å². The molecule has 0 aliphatic rings. The first-order valence-electron chi connectivity index (χ1n) is 6.37. The van der Waals surface area contributed by atoms with E-state index in [-0.39, 0.29) is 12.2 Å². The summed E-state index contributed by atoms with van der Waals surface area (Å²) in [6, 6.07) is 6.51. The van der Waals surface area contributed by atoms with Crippen LogP contribution in [0.2, 0.25) is 10.0 Å². The van der Waals surface area contributed by atoms with Gasteiger partial charge in [0.1, 0.15) is 12.0 Å². The Balaban J connectivity index is 2.10. The van der Waals surface area contributed by atoms with Gasteiger partial charge in [-0.3, -0.25) is 10.1 Å². The summed E-state index contributed by atoms with van der Waals surface area (Å²) in [4.78, 5) is 14.2. The maximum absolute atomic E-state index is 10.7. The normalized spacial score (nSPS) is 12.0. The zero-order valence-corrected chi connectivity index (χ0v) is 13.1. The molecule has 0 fully saturated rings. The van der Waals surface area contributed by atoms with Crippen LogP contribution in [0.3, 0.4) is 0 Å². The van der Waals surface area contributed by atoms with Crippen LogP contribution in [-0.4, -0.2) is 21.6 Å². The lowest BCUT2D eigenvalue weighted by Gasteiger charge is -2.15. The monoisotopic (exact) mass is 341 g/mol. The SMILES string of the molecule is Cc1cc(NCC(O)c2c(Cl)cccc2Cl)ncc1[N+](=O)[O-]. The van der Waals surface area contributed by atoms with E-state index in [0.717, 1.165) is 0 Å². The number of halogens is 2. The van der Waals surface area contributed by atoms with Crippen LogP contribution < -0.4 is 5.32 Å². The van der Waals surface area contributed by atoms with Crippen molar-refractivity contribution >= 4 is 34.7 Å². The third-order valence-electron chi connectivity index (χ3n) is 3.09. The molecule has 0 amide bonds. The number of nitro groups is 1. The van der Waals surface area contributed by atoms with Gasteiger partial charge >= 0.3 is 0 Å². The fourth-order valence-electron chi connectivity index (χ4n) is 1.97. The van der Waals surface area contributed by atoms with Crippen molar-refractivity contribution in [1.82, 2.24) is 4.98 Å². The average Bonchev–Trinajstić information content (AvgIpc) is 2.44. The minimum Gasteiger partial charge on any atom is -0.386 e. The van der Waals surface area contributed by atoms with E-state index >= 15 is 0 Å². The number of anilines is 1. The summed E-state index contributed by atoms with van der Waals surface area (Å²) in [5.41, 5.74) is 0.852. The number of aliphatic hydroxyl groups is 1. The zero-order valence-electron chi connectivity index (χ0n) is 11.6. The molecule has 0 saturated heterocycles. The number of aryl methyl sites for hydroxylation is 1. The first-order valence-corrected chi connectivity index (χ1v) is 7.12. The number of nitrogens with zero attached hydrogens (tertiary/aromatic N) is 2. The molecule has 6 nitrogen and oxygen atoms in total. The van der Waals surface area contributed by atoms with Gasteiger partial charge in [-0.15, -0.1) is 0 Å². The summed E-state index contributed by atoms with van der Waals surface area (Å²) in [6.07, 6.45) is 0.241. The molecule has 22 heavy (non-hydrogen) atoms. The molecule has 0 aliphatic heterocycles. The number of pyridine rings is 1. The molecular weight excluding hydrogens is 329 g/mol. The second-order valence-corrected chi connectivity index (χ2v) is 5.46. The number of hydrogen-bond donors (Lipinski definition) is 2. The first kappa shape index (κ1) is 16.5. The van der Waals surface area contributed by atoms with Crippen LogP contribution in [0.15, 0.2) is 30.5 Å². The molecule has 2 N–H and O–H groups in total. The summed E-state index contributed by atoms with van der Waals surface area (Å²) in [5, 5.41) is 24.6. The van der Waals surface area contributed by atoms with E-state index in [1.807, 2.05) is 0 Å². The van der Waals surface area contributed by atoms with Gasteiger partial charge in [0.25, 0.3) is 5.69 Å². The summed E-state index contributed by atoms with van der Waals surface area (Å²) >= 11 is 12.0. The van der Waals surface area contributed by atoms with Crippen molar-refractivity contribution in [3.8, 4) is 0 Å². The van der Waals surface area contributed by atoms with E-state index in [0.29, 0.717) is 27.0 Å². The van der Waals surface area contributed by atoms with Crippen molar-refractivity contribution in [3.05, 3.63) is 61.7 Å². The Labute approximate surface area is 136 Å². The van der Waals surface area contributed by atoms with Crippen molar-refractivity contribution in [3.63, 3.8) is 0 Å². The van der Waals surface area contributed by atoms with E-state index in [1.54, 1.807) is 31.2 Å². The Morgan fingerprint density at radius 2 is 2.05 bits per heavy atom. The Hall–Kier alpha value is -1.89. The molecule has 8 heteroatoms. The molecule has 1 heterocycles. The summed E-state index contributed by atoms with van der Waals surface area (Å²) in [6.45, 7) is 1.74. The largest absolute Gasteiger partial charge is 0.386 e. The molecule has 0 radical (unpaired) electrons. The topological polar surface area (TPSA) is 88.3 Å². The highest BCUT2D eigenvalue weighted by atomic mass is 35.5. The van der Waals surface area contributed by atoms with Crippen molar-refractivity contribution in [2.75, 3.05) is 11.9 Å². The maximum Gasteiger partial charge on any atom is 0.290 e. The molecule has 1 aromatic carbocycles. The van der Waals surface area contributed by atoms with Crippen LogP contribution >= 0.6 is 23.2 Å². The number of rotatable bonds is 5. The Morgan fingerprint density at radius 1 is 1.41 bits per heavy atom. The van der Waals surface area contributed by atoms with Crippen LogP contribution in [0.4, 0.5) is 11.5 Å². The van der Waals surface area contributed by atoms with E-state index in [1.165, 1.54) is 6.20 Å². The van der Waals surface area contributed by atoms with Crippen molar-refractivity contribution in [1.29, 1.82) is 0 Å². The second kappa shape index (κ2) is 6.91. The third kappa shape index (κ3) is 3.65. The number of aromatic nitrogens is 1. The van der Waals surface area contributed by atoms with Crippen LogP contribution in [0.5, 0.6) is 0 Å². The molecule has 0 spiro atoms. The van der Waals surface area contributed by atoms with E-state index in [4.69, 9.17) is 23.2 Å². The molecule has 1 atom stereocenters. The highest BCUT2D eigenvalue weighted by Crippen LogP contribution is 2.30. The second-order valence-electron chi connectivity index (χ2n) is 4.65. The van der Waals surface area contributed by atoms with E-state index in [2.05, 4.69) is 10.3 Å². The zero-order chi connectivity index (χ0) is 16.3. The number of benzene rings is 1. The molecule has 0 saturated carbocycles. The van der Waals surface area contributed by atoms with E-state index in [9.17, 15) is 15.2 Å². The van der Waals surface area contributed by atoms with Crippen LogP contribution in [0.1, 0.15) is 17.2 Å². The van der Waals surface area contributed by atoms with Gasteiger partial charge < -0.3 is 10.4 Å². The van der Waals surface area contributed by atoms with Crippen LogP contribution in [0, 0.1) is 17.0 Å². The molecule has 1 unspecified atom stereocenters. The molecular formula is C14H13Cl2N3O3. The first-order chi connectivity index (χ1) is 10.4. The summed E-state index contributed by atoms with van der Waals surface area (Å²) in [7, 11) is 0. The van der Waals surface area contributed by atoms with Gasteiger partial charge in [-0.2, -0.15) is 0 Å². The fourth-order valence-corrected chi connectivity index (χ4v) is 2.62. The van der Waals surface area contributed by atoms with E-state index < -0.39 is 11.0 Å². The molecule has 1 aromatic heterocycles. The van der Waals surface area contributed by atoms with Crippen LogP contribution in [-0.2, 0) is 0 Å². The van der Waals surface area contributed by atoms with Gasteiger partial charge in [0, 0.05) is 27.7 Å². The Bertz CT molecular complexity index is 689. The predicted octanol–water partition coefficient (Wildman–Crippen LogP) is 3.75. The number of hydrogen-bond acceptors (Lipinski definition) is 5. The molecule has 2 aromatic rings.